The summed E-state index contributed by atoms with van der Waals surface area (Å²) in [6.07, 6.45) is 3.30. The lowest BCUT2D eigenvalue weighted by atomic mass is 9.98. The molecule has 0 spiro atoms. The van der Waals surface area contributed by atoms with Crippen molar-refractivity contribution in [1.29, 1.82) is 0 Å². The van der Waals surface area contributed by atoms with Crippen LogP contribution < -0.4 is 5.32 Å². The molecule has 0 aliphatic heterocycles. The SMILES string of the molecule is CNC(=O)/C(=N/O)C(C)(C)n1cc(Br)cn1. The summed E-state index contributed by atoms with van der Waals surface area (Å²) in [7, 11) is 1.47. The molecule has 16 heavy (non-hydrogen) atoms. The molecule has 6 nitrogen and oxygen atoms in total. The summed E-state index contributed by atoms with van der Waals surface area (Å²) in [6, 6.07) is 0. The van der Waals surface area contributed by atoms with Gasteiger partial charge in [0.15, 0.2) is 5.71 Å². The summed E-state index contributed by atoms with van der Waals surface area (Å²) in [4.78, 5) is 11.5. The minimum Gasteiger partial charge on any atom is -0.410 e. The van der Waals surface area contributed by atoms with E-state index in [2.05, 4.69) is 31.5 Å². The standard InChI is InChI=1S/C9H13BrN4O2/c1-9(2,7(13-16)8(15)11-3)14-5-6(10)4-12-14/h4-5,16H,1-3H3,(H,11,15)/b13-7-. The summed E-state index contributed by atoms with van der Waals surface area (Å²) in [5.41, 5.74) is -0.841. The quantitative estimate of drug-likeness (QED) is 0.494. The number of oxime groups is 1. The van der Waals surface area contributed by atoms with Crippen LogP contribution in [0.2, 0.25) is 0 Å². The van der Waals surface area contributed by atoms with Crippen molar-refractivity contribution in [2.24, 2.45) is 5.16 Å². The van der Waals surface area contributed by atoms with Crippen molar-refractivity contribution in [2.45, 2.75) is 19.4 Å². The van der Waals surface area contributed by atoms with Crippen LogP contribution in [0.25, 0.3) is 0 Å². The smallest absolute Gasteiger partial charge is 0.271 e. The van der Waals surface area contributed by atoms with Gasteiger partial charge in [-0.2, -0.15) is 5.10 Å². The highest BCUT2D eigenvalue weighted by Gasteiger charge is 2.33. The molecule has 1 rings (SSSR count). The molecule has 1 amide bonds. The van der Waals surface area contributed by atoms with E-state index in [1.165, 1.54) is 7.05 Å². The van der Waals surface area contributed by atoms with Crippen molar-refractivity contribution >= 4 is 27.5 Å². The average molecular weight is 289 g/mol. The fraction of sp³-hybridized carbons (Fsp3) is 0.444. The number of hydrogen-bond donors (Lipinski definition) is 2. The second kappa shape index (κ2) is 4.65. The maximum atomic E-state index is 11.5. The molecular formula is C9H13BrN4O2. The van der Waals surface area contributed by atoms with Crippen molar-refractivity contribution in [3.05, 3.63) is 16.9 Å². The Morgan fingerprint density at radius 1 is 1.69 bits per heavy atom. The Morgan fingerprint density at radius 2 is 2.31 bits per heavy atom. The van der Waals surface area contributed by atoms with E-state index in [1.54, 1.807) is 30.9 Å². The zero-order valence-electron chi connectivity index (χ0n) is 9.23. The average Bonchev–Trinajstić information content (AvgIpc) is 2.65. The van der Waals surface area contributed by atoms with E-state index in [4.69, 9.17) is 5.21 Å². The topological polar surface area (TPSA) is 79.5 Å². The number of rotatable bonds is 3. The van der Waals surface area contributed by atoms with E-state index >= 15 is 0 Å². The number of hydrogen-bond acceptors (Lipinski definition) is 4. The molecule has 0 aliphatic rings. The summed E-state index contributed by atoms with van der Waals surface area (Å²) in [6.45, 7) is 3.47. The minimum atomic E-state index is -0.832. The maximum Gasteiger partial charge on any atom is 0.271 e. The Balaban J connectivity index is 3.14. The Bertz CT molecular complexity index is 425. The number of carbonyl (C=O) groups excluding carboxylic acids is 1. The van der Waals surface area contributed by atoms with Crippen LogP contribution in [0, 0.1) is 0 Å². The van der Waals surface area contributed by atoms with Crippen molar-refractivity contribution in [3.63, 3.8) is 0 Å². The van der Waals surface area contributed by atoms with Gasteiger partial charge in [0, 0.05) is 13.2 Å². The summed E-state index contributed by atoms with van der Waals surface area (Å²) < 4.78 is 2.33. The van der Waals surface area contributed by atoms with Gasteiger partial charge in [0.05, 0.1) is 10.7 Å². The molecule has 0 atom stereocenters. The van der Waals surface area contributed by atoms with Crippen LogP contribution >= 0.6 is 15.9 Å². The second-order valence-electron chi connectivity index (χ2n) is 3.69. The first-order valence-corrected chi connectivity index (χ1v) is 5.38. The maximum absolute atomic E-state index is 11.5. The van der Waals surface area contributed by atoms with Gasteiger partial charge in [0.1, 0.15) is 5.54 Å². The van der Waals surface area contributed by atoms with Crippen LogP contribution in [0.5, 0.6) is 0 Å². The molecule has 2 N–H and O–H groups in total. The molecule has 0 fully saturated rings. The molecule has 0 aromatic carbocycles. The van der Waals surface area contributed by atoms with Crippen molar-refractivity contribution in [2.75, 3.05) is 7.05 Å². The highest BCUT2D eigenvalue weighted by atomic mass is 79.9. The van der Waals surface area contributed by atoms with E-state index in [-0.39, 0.29) is 5.71 Å². The van der Waals surface area contributed by atoms with Crippen molar-refractivity contribution in [3.8, 4) is 0 Å². The Kier molecular flexibility index (Phi) is 3.69. The predicted octanol–water partition coefficient (Wildman–Crippen LogP) is 0.957. The fourth-order valence-corrected chi connectivity index (χ4v) is 1.56. The molecule has 0 bridgehead atoms. The second-order valence-corrected chi connectivity index (χ2v) is 4.61. The molecule has 0 saturated heterocycles. The van der Waals surface area contributed by atoms with Crippen LogP contribution in [0.4, 0.5) is 0 Å². The zero-order valence-corrected chi connectivity index (χ0v) is 10.8. The molecule has 0 unspecified atom stereocenters. The lowest BCUT2D eigenvalue weighted by Gasteiger charge is -2.24. The predicted molar refractivity (Wildman–Crippen MR) is 62.5 cm³/mol. The van der Waals surface area contributed by atoms with Crippen LogP contribution in [0.1, 0.15) is 13.8 Å². The zero-order chi connectivity index (χ0) is 12.3. The van der Waals surface area contributed by atoms with Crippen LogP contribution in [0.3, 0.4) is 0 Å². The van der Waals surface area contributed by atoms with Gasteiger partial charge in [-0.25, -0.2) is 0 Å². The number of nitrogens with zero attached hydrogens (tertiary/aromatic N) is 3. The third-order valence-corrected chi connectivity index (χ3v) is 2.65. The number of amides is 1. The van der Waals surface area contributed by atoms with Gasteiger partial charge in [-0.15, -0.1) is 0 Å². The summed E-state index contributed by atoms with van der Waals surface area (Å²) in [5.74, 6) is -0.445. The van der Waals surface area contributed by atoms with Gasteiger partial charge >= 0.3 is 0 Å². The molecule has 7 heteroatoms. The third kappa shape index (κ3) is 2.24. The first-order chi connectivity index (χ1) is 7.43. The number of carbonyl (C=O) groups is 1. The molecule has 0 radical (unpaired) electrons. The normalized spacial score (nSPS) is 12.6. The van der Waals surface area contributed by atoms with Gasteiger partial charge in [-0.05, 0) is 29.8 Å². The van der Waals surface area contributed by atoms with Gasteiger partial charge < -0.3 is 10.5 Å². The van der Waals surface area contributed by atoms with E-state index in [9.17, 15) is 4.79 Å². The molecule has 1 aromatic heterocycles. The van der Waals surface area contributed by atoms with E-state index < -0.39 is 11.4 Å². The van der Waals surface area contributed by atoms with Crippen molar-refractivity contribution < 1.29 is 10.0 Å². The first-order valence-electron chi connectivity index (χ1n) is 4.58. The van der Waals surface area contributed by atoms with Gasteiger partial charge in [0.2, 0.25) is 0 Å². The molecule has 1 heterocycles. The van der Waals surface area contributed by atoms with Crippen molar-refractivity contribution in [1.82, 2.24) is 15.1 Å². The lowest BCUT2D eigenvalue weighted by Crippen LogP contribution is -2.45. The highest BCUT2D eigenvalue weighted by molar-refractivity contribution is 9.10. The number of halogens is 1. The molecule has 0 saturated carbocycles. The lowest BCUT2D eigenvalue weighted by molar-refractivity contribution is -0.114. The Hall–Kier alpha value is -1.37. The largest absolute Gasteiger partial charge is 0.410 e. The first kappa shape index (κ1) is 12.7. The highest BCUT2D eigenvalue weighted by Crippen LogP contribution is 2.19. The number of aromatic nitrogens is 2. The Morgan fingerprint density at radius 3 is 2.69 bits per heavy atom. The van der Waals surface area contributed by atoms with E-state index in [1.807, 2.05) is 0 Å². The monoisotopic (exact) mass is 288 g/mol. The van der Waals surface area contributed by atoms with Gasteiger partial charge in [-0.1, -0.05) is 5.16 Å². The van der Waals surface area contributed by atoms with E-state index in [0.29, 0.717) is 0 Å². The molecule has 88 valence electrons. The third-order valence-electron chi connectivity index (χ3n) is 2.25. The molecule has 0 aliphatic carbocycles. The van der Waals surface area contributed by atoms with Gasteiger partial charge in [-0.3, -0.25) is 9.48 Å². The minimum absolute atomic E-state index is 0.00870. The van der Waals surface area contributed by atoms with Gasteiger partial charge in [0.25, 0.3) is 5.91 Å². The van der Waals surface area contributed by atoms with Crippen LogP contribution in [-0.4, -0.2) is 33.7 Å². The number of nitrogens with one attached hydrogen (secondary N) is 1. The molecular weight excluding hydrogens is 276 g/mol. The Labute approximate surface area is 101 Å². The van der Waals surface area contributed by atoms with E-state index in [0.717, 1.165) is 4.47 Å². The van der Waals surface area contributed by atoms with Crippen LogP contribution in [0.15, 0.2) is 22.0 Å². The van der Waals surface area contributed by atoms with Crippen LogP contribution in [-0.2, 0) is 10.3 Å². The fourth-order valence-electron chi connectivity index (χ4n) is 1.28. The summed E-state index contributed by atoms with van der Waals surface area (Å²) >= 11 is 3.26. The molecule has 1 aromatic rings. The summed E-state index contributed by atoms with van der Waals surface area (Å²) in [5, 5.41) is 18.4.